The van der Waals surface area contributed by atoms with Gasteiger partial charge >= 0.3 is 5.97 Å². The van der Waals surface area contributed by atoms with Gasteiger partial charge in [0.15, 0.2) is 0 Å². The molecule has 0 radical (unpaired) electrons. The zero-order valence-corrected chi connectivity index (χ0v) is 14.8. The summed E-state index contributed by atoms with van der Waals surface area (Å²) in [5.41, 5.74) is 0.289. The quantitative estimate of drug-likeness (QED) is 0.625. The van der Waals surface area contributed by atoms with Crippen LogP contribution in [0.4, 0.5) is 0 Å². The van der Waals surface area contributed by atoms with E-state index in [1.54, 1.807) is 17.0 Å². The lowest BCUT2D eigenvalue weighted by molar-refractivity contribution is -0.138. The molecule has 1 amide bonds. The molecule has 1 saturated heterocycles. The summed E-state index contributed by atoms with van der Waals surface area (Å²) < 4.78 is 1.52. The van der Waals surface area contributed by atoms with Gasteiger partial charge in [0.2, 0.25) is 0 Å². The van der Waals surface area contributed by atoms with E-state index in [1.807, 2.05) is 22.6 Å². The van der Waals surface area contributed by atoms with Crippen LogP contribution < -0.4 is 0 Å². The van der Waals surface area contributed by atoms with E-state index in [1.165, 1.54) is 0 Å². The lowest BCUT2D eigenvalue weighted by atomic mass is 10.1. The highest BCUT2D eigenvalue weighted by Gasteiger charge is 2.30. The molecule has 0 spiro atoms. The number of nitrogens with zero attached hydrogens (tertiary/aromatic N) is 1. The summed E-state index contributed by atoms with van der Waals surface area (Å²) in [6, 6.07) is 3.45. The minimum atomic E-state index is -0.837. The highest BCUT2D eigenvalue weighted by Crippen LogP contribution is 2.30. The standard InChI is InChI=1S/C13H13I2NO4/c14-8-4-9(12(19)10(15)5-8)13(20)16-2-1-7(6-16)3-11(17)18/h4-5,7,19H,1-3,6H2,(H,17,18). The van der Waals surface area contributed by atoms with E-state index in [0.717, 1.165) is 3.57 Å². The van der Waals surface area contributed by atoms with Gasteiger partial charge in [-0.3, -0.25) is 9.59 Å². The molecular formula is C13H13I2NO4. The third-order valence-corrected chi connectivity index (χ3v) is 4.74. The third-order valence-electron chi connectivity index (χ3n) is 3.29. The number of hydrogen-bond donors (Lipinski definition) is 2. The highest BCUT2D eigenvalue weighted by molar-refractivity contribution is 14.1. The normalized spacial score (nSPS) is 18.3. The van der Waals surface area contributed by atoms with Crippen molar-refractivity contribution in [2.75, 3.05) is 13.1 Å². The van der Waals surface area contributed by atoms with Crippen LogP contribution in [-0.4, -0.2) is 40.1 Å². The first-order valence-corrected chi connectivity index (χ1v) is 8.23. The van der Waals surface area contributed by atoms with E-state index in [-0.39, 0.29) is 29.6 Å². The highest BCUT2D eigenvalue weighted by atomic mass is 127. The average molecular weight is 501 g/mol. The summed E-state index contributed by atoms with van der Waals surface area (Å²) in [7, 11) is 0. The van der Waals surface area contributed by atoms with Crippen molar-refractivity contribution in [3.05, 3.63) is 24.8 Å². The molecule has 20 heavy (non-hydrogen) atoms. The van der Waals surface area contributed by atoms with Gasteiger partial charge in [-0.05, 0) is 69.7 Å². The van der Waals surface area contributed by atoms with E-state index >= 15 is 0 Å². The Morgan fingerprint density at radius 1 is 1.35 bits per heavy atom. The van der Waals surface area contributed by atoms with Crippen molar-refractivity contribution in [1.29, 1.82) is 0 Å². The molecule has 1 aromatic rings. The monoisotopic (exact) mass is 501 g/mol. The minimum Gasteiger partial charge on any atom is -0.506 e. The Morgan fingerprint density at radius 3 is 2.70 bits per heavy atom. The van der Waals surface area contributed by atoms with Crippen LogP contribution in [0.3, 0.4) is 0 Å². The molecule has 1 aliphatic heterocycles. The first-order chi connectivity index (χ1) is 9.38. The van der Waals surface area contributed by atoms with Gasteiger partial charge in [-0.1, -0.05) is 0 Å². The van der Waals surface area contributed by atoms with Gasteiger partial charge in [0.05, 0.1) is 9.13 Å². The number of hydrogen-bond acceptors (Lipinski definition) is 3. The van der Waals surface area contributed by atoms with E-state index in [2.05, 4.69) is 22.6 Å². The van der Waals surface area contributed by atoms with Crippen LogP contribution in [0.25, 0.3) is 0 Å². The second kappa shape index (κ2) is 6.46. The second-order valence-electron chi connectivity index (χ2n) is 4.79. The predicted molar refractivity (Wildman–Crippen MR) is 89.8 cm³/mol. The number of aromatic hydroxyl groups is 1. The Hall–Kier alpha value is -0.580. The SMILES string of the molecule is O=C(O)CC1CCN(C(=O)c2cc(I)cc(I)c2O)C1. The Balaban J connectivity index is 2.15. The summed E-state index contributed by atoms with van der Waals surface area (Å²) in [6.45, 7) is 0.977. The molecule has 1 fully saturated rings. The topological polar surface area (TPSA) is 77.8 Å². The van der Waals surface area contributed by atoms with E-state index in [4.69, 9.17) is 5.11 Å². The maximum atomic E-state index is 12.4. The zero-order valence-electron chi connectivity index (χ0n) is 10.5. The van der Waals surface area contributed by atoms with Crippen molar-refractivity contribution < 1.29 is 19.8 Å². The number of amides is 1. The number of benzene rings is 1. The number of aliphatic carboxylic acids is 1. The van der Waals surface area contributed by atoms with Crippen LogP contribution in [0.5, 0.6) is 5.75 Å². The van der Waals surface area contributed by atoms with Gasteiger partial charge in [-0.2, -0.15) is 0 Å². The maximum absolute atomic E-state index is 12.4. The summed E-state index contributed by atoms with van der Waals surface area (Å²) >= 11 is 4.09. The van der Waals surface area contributed by atoms with Crippen LogP contribution in [0.15, 0.2) is 12.1 Å². The van der Waals surface area contributed by atoms with Crippen LogP contribution >= 0.6 is 45.2 Å². The molecule has 1 aliphatic rings. The molecule has 0 aromatic heterocycles. The molecule has 0 bridgehead atoms. The predicted octanol–water partition coefficient (Wildman–Crippen LogP) is 2.54. The maximum Gasteiger partial charge on any atom is 0.303 e. The number of carbonyl (C=O) groups is 2. The van der Waals surface area contributed by atoms with Crippen LogP contribution in [0.1, 0.15) is 23.2 Å². The fourth-order valence-corrected chi connectivity index (χ4v) is 4.17. The molecule has 108 valence electrons. The van der Waals surface area contributed by atoms with Crippen molar-refractivity contribution >= 4 is 57.1 Å². The molecule has 0 aliphatic carbocycles. The lowest BCUT2D eigenvalue weighted by Gasteiger charge is -2.17. The third kappa shape index (κ3) is 3.54. The van der Waals surface area contributed by atoms with Crippen LogP contribution in [-0.2, 0) is 4.79 Å². The van der Waals surface area contributed by atoms with Crippen LogP contribution in [0, 0.1) is 13.1 Å². The van der Waals surface area contributed by atoms with Crippen molar-refractivity contribution in [1.82, 2.24) is 4.90 Å². The van der Waals surface area contributed by atoms with E-state index in [0.29, 0.717) is 23.1 Å². The van der Waals surface area contributed by atoms with Gasteiger partial charge in [0, 0.05) is 23.1 Å². The number of phenolic OH excluding ortho intramolecular Hbond substituents is 1. The number of carboxylic acids is 1. The lowest BCUT2D eigenvalue weighted by Crippen LogP contribution is -2.29. The van der Waals surface area contributed by atoms with E-state index < -0.39 is 5.97 Å². The summed E-state index contributed by atoms with van der Waals surface area (Å²) in [5.74, 6) is -1.07. The van der Waals surface area contributed by atoms with Crippen molar-refractivity contribution in [2.45, 2.75) is 12.8 Å². The number of halogens is 2. The first-order valence-electron chi connectivity index (χ1n) is 6.07. The zero-order chi connectivity index (χ0) is 14.9. The second-order valence-corrected chi connectivity index (χ2v) is 7.20. The van der Waals surface area contributed by atoms with Crippen molar-refractivity contribution in [2.24, 2.45) is 5.92 Å². The Kier molecular flexibility index (Phi) is 5.10. The fraction of sp³-hybridized carbons (Fsp3) is 0.385. The van der Waals surface area contributed by atoms with Gasteiger partial charge in [0.1, 0.15) is 5.75 Å². The smallest absolute Gasteiger partial charge is 0.303 e. The first kappa shape index (κ1) is 15.8. The molecule has 1 heterocycles. The molecule has 2 rings (SSSR count). The average Bonchev–Trinajstić information content (AvgIpc) is 2.80. The largest absolute Gasteiger partial charge is 0.506 e. The van der Waals surface area contributed by atoms with Crippen molar-refractivity contribution in [3.8, 4) is 5.75 Å². The molecule has 1 atom stereocenters. The van der Waals surface area contributed by atoms with Gasteiger partial charge in [0.25, 0.3) is 5.91 Å². The van der Waals surface area contributed by atoms with Gasteiger partial charge < -0.3 is 15.1 Å². The number of phenols is 1. The summed E-state index contributed by atoms with van der Waals surface area (Å²) in [5, 5.41) is 18.8. The van der Waals surface area contributed by atoms with Crippen LogP contribution in [0.2, 0.25) is 0 Å². The minimum absolute atomic E-state index is 0.000416. The molecule has 1 unspecified atom stereocenters. The summed E-state index contributed by atoms with van der Waals surface area (Å²) in [6.07, 6.45) is 0.777. The Labute approximate surface area is 143 Å². The van der Waals surface area contributed by atoms with E-state index in [9.17, 15) is 14.7 Å². The van der Waals surface area contributed by atoms with Gasteiger partial charge in [-0.25, -0.2) is 0 Å². The number of carboxylic acid groups (broad SMARTS) is 1. The molecule has 1 aromatic carbocycles. The fourth-order valence-electron chi connectivity index (χ4n) is 2.33. The number of rotatable bonds is 3. The molecule has 5 nitrogen and oxygen atoms in total. The summed E-state index contributed by atoms with van der Waals surface area (Å²) in [4.78, 5) is 24.7. The molecule has 2 N–H and O–H groups in total. The number of likely N-dealkylation sites (tertiary alicyclic amines) is 1. The molecule has 7 heteroatoms. The Bertz CT molecular complexity index is 562. The molecule has 0 saturated carbocycles. The molecular weight excluding hydrogens is 488 g/mol. The number of carbonyl (C=O) groups excluding carboxylic acids is 1. The Morgan fingerprint density at radius 2 is 2.05 bits per heavy atom. The van der Waals surface area contributed by atoms with Gasteiger partial charge in [-0.15, -0.1) is 0 Å². The van der Waals surface area contributed by atoms with Crippen molar-refractivity contribution in [3.63, 3.8) is 0 Å².